The second kappa shape index (κ2) is 7.64. The fourth-order valence-electron chi connectivity index (χ4n) is 4.22. The Morgan fingerprint density at radius 2 is 1.84 bits per heavy atom. The van der Waals surface area contributed by atoms with Gasteiger partial charge in [-0.1, -0.05) is 0 Å². The molecule has 0 saturated heterocycles. The fraction of sp³-hybridized carbons (Fsp3) is 0.409. The van der Waals surface area contributed by atoms with Crippen molar-refractivity contribution in [2.45, 2.75) is 47.2 Å². The summed E-state index contributed by atoms with van der Waals surface area (Å²) in [6.07, 6.45) is 1.75. The molecule has 1 atom stereocenters. The first-order chi connectivity index (χ1) is 14.7. The number of aromatic nitrogens is 7. The molecule has 4 aromatic rings. The largest absolute Gasteiger partial charge is 0.344 e. The number of carbonyl (C=O) groups excluding carboxylic acids is 1. The molecule has 0 aromatic carbocycles. The van der Waals surface area contributed by atoms with Gasteiger partial charge in [0.25, 0.3) is 5.91 Å². The molecule has 1 amide bonds. The van der Waals surface area contributed by atoms with Crippen LogP contribution in [0.25, 0.3) is 22.3 Å². The summed E-state index contributed by atoms with van der Waals surface area (Å²) in [5.41, 5.74) is 6.49. The Hall–Kier alpha value is -3.49. The summed E-state index contributed by atoms with van der Waals surface area (Å²) in [7, 11) is 3.75. The van der Waals surface area contributed by atoms with Gasteiger partial charge in [-0.2, -0.15) is 15.3 Å². The van der Waals surface area contributed by atoms with Gasteiger partial charge in [-0.15, -0.1) is 0 Å². The van der Waals surface area contributed by atoms with E-state index in [0.29, 0.717) is 11.2 Å². The summed E-state index contributed by atoms with van der Waals surface area (Å²) >= 11 is 0. The van der Waals surface area contributed by atoms with Crippen LogP contribution >= 0.6 is 0 Å². The average Bonchev–Trinajstić information content (AvgIpc) is 3.38. The normalized spacial score (nSPS) is 12.5. The monoisotopic (exact) mass is 420 g/mol. The van der Waals surface area contributed by atoms with E-state index < -0.39 is 0 Å². The van der Waals surface area contributed by atoms with Crippen LogP contribution in [0, 0.1) is 20.8 Å². The van der Waals surface area contributed by atoms with Crippen LogP contribution in [0.15, 0.2) is 18.3 Å². The van der Waals surface area contributed by atoms with Crippen LogP contribution < -0.4 is 5.32 Å². The highest BCUT2D eigenvalue weighted by molar-refractivity contribution is 6.07. The second-order valence-electron chi connectivity index (χ2n) is 7.90. The van der Waals surface area contributed by atoms with Gasteiger partial charge in [0.1, 0.15) is 0 Å². The first kappa shape index (κ1) is 20.8. The molecular formula is C22H28N8O. The lowest BCUT2D eigenvalue weighted by atomic mass is 10.0. The molecule has 0 bridgehead atoms. The van der Waals surface area contributed by atoms with Gasteiger partial charge in [0, 0.05) is 38.1 Å². The number of aryl methyl sites for hydroxylation is 5. The molecule has 0 unspecified atom stereocenters. The maximum atomic E-state index is 13.5. The van der Waals surface area contributed by atoms with E-state index in [4.69, 9.17) is 4.98 Å². The van der Waals surface area contributed by atoms with Crippen LogP contribution in [0.1, 0.15) is 53.0 Å². The molecule has 162 valence electrons. The number of carbonyl (C=O) groups is 1. The van der Waals surface area contributed by atoms with Gasteiger partial charge >= 0.3 is 0 Å². The van der Waals surface area contributed by atoms with E-state index in [1.165, 1.54) is 0 Å². The maximum absolute atomic E-state index is 13.5. The molecule has 4 heterocycles. The zero-order valence-corrected chi connectivity index (χ0v) is 19.1. The van der Waals surface area contributed by atoms with Crippen molar-refractivity contribution in [2.75, 3.05) is 0 Å². The lowest BCUT2D eigenvalue weighted by Gasteiger charge is -2.16. The molecule has 0 spiro atoms. The number of nitrogens with zero attached hydrogens (tertiary/aromatic N) is 7. The molecule has 0 aliphatic rings. The summed E-state index contributed by atoms with van der Waals surface area (Å²) in [6.45, 7) is 10.6. The van der Waals surface area contributed by atoms with Gasteiger partial charge in [0.15, 0.2) is 5.65 Å². The maximum Gasteiger partial charge on any atom is 0.252 e. The number of nitrogens with one attached hydrogen (secondary N) is 1. The van der Waals surface area contributed by atoms with Crippen LogP contribution in [0.5, 0.6) is 0 Å². The zero-order chi connectivity index (χ0) is 22.4. The van der Waals surface area contributed by atoms with Crippen molar-refractivity contribution in [3.63, 3.8) is 0 Å². The molecule has 4 rings (SSSR count). The summed E-state index contributed by atoms with van der Waals surface area (Å²) < 4.78 is 5.44. The van der Waals surface area contributed by atoms with Gasteiger partial charge in [-0.3, -0.25) is 18.8 Å². The van der Waals surface area contributed by atoms with Gasteiger partial charge in [-0.05, 0) is 46.8 Å². The van der Waals surface area contributed by atoms with Crippen LogP contribution in [-0.2, 0) is 20.6 Å². The van der Waals surface area contributed by atoms with Crippen molar-refractivity contribution in [2.24, 2.45) is 14.1 Å². The summed E-state index contributed by atoms with van der Waals surface area (Å²) in [5.74, 6) is -0.166. The smallest absolute Gasteiger partial charge is 0.252 e. The second-order valence-corrected chi connectivity index (χ2v) is 7.90. The Kier molecular flexibility index (Phi) is 5.12. The highest BCUT2D eigenvalue weighted by Crippen LogP contribution is 2.30. The molecule has 31 heavy (non-hydrogen) atoms. The van der Waals surface area contributed by atoms with Crippen LogP contribution in [0.2, 0.25) is 0 Å². The molecule has 0 saturated carbocycles. The van der Waals surface area contributed by atoms with Crippen LogP contribution in [0.4, 0.5) is 0 Å². The third-order valence-electron chi connectivity index (χ3n) is 5.82. The topological polar surface area (TPSA) is 95.5 Å². The number of hydrogen-bond acceptors (Lipinski definition) is 5. The first-order valence-electron chi connectivity index (χ1n) is 10.4. The van der Waals surface area contributed by atoms with Crippen molar-refractivity contribution in [1.82, 2.24) is 39.6 Å². The summed E-state index contributed by atoms with van der Waals surface area (Å²) in [6, 6.07) is 3.59. The van der Waals surface area contributed by atoms with E-state index in [1.54, 1.807) is 10.9 Å². The highest BCUT2D eigenvalue weighted by atomic mass is 16.1. The predicted molar refractivity (Wildman–Crippen MR) is 119 cm³/mol. The molecule has 0 radical (unpaired) electrons. The Balaban J connectivity index is 1.83. The van der Waals surface area contributed by atoms with Crippen molar-refractivity contribution in [1.29, 1.82) is 0 Å². The Labute approximate surface area is 181 Å². The number of fused-ring (bicyclic) bond motifs is 1. The lowest BCUT2D eigenvalue weighted by molar-refractivity contribution is 0.0940. The van der Waals surface area contributed by atoms with Crippen LogP contribution in [-0.4, -0.2) is 40.2 Å². The molecular weight excluding hydrogens is 392 g/mol. The van der Waals surface area contributed by atoms with Gasteiger partial charge in [0.2, 0.25) is 0 Å². The molecule has 9 nitrogen and oxygen atoms in total. The third-order valence-corrected chi connectivity index (χ3v) is 5.82. The van der Waals surface area contributed by atoms with E-state index in [9.17, 15) is 4.79 Å². The molecule has 9 heteroatoms. The Morgan fingerprint density at radius 3 is 2.48 bits per heavy atom. The van der Waals surface area contributed by atoms with E-state index in [2.05, 4.69) is 20.6 Å². The minimum atomic E-state index is -0.194. The number of rotatable bonds is 5. The minimum Gasteiger partial charge on any atom is -0.344 e. The van der Waals surface area contributed by atoms with E-state index in [0.717, 1.165) is 46.0 Å². The SMILES string of the molecule is CCn1nccc1[C@@H](C)NC(=O)c1cc(-c2c(C)nn(C)c2C)nc2c1c(C)nn2C. The van der Waals surface area contributed by atoms with Crippen molar-refractivity contribution < 1.29 is 4.79 Å². The Morgan fingerprint density at radius 1 is 1.13 bits per heavy atom. The Bertz CT molecular complexity index is 1290. The molecule has 4 aromatic heterocycles. The zero-order valence-electron chi connectivity index (χ0n) is 19.1. The molecule has 0 aliphatic heterocycles. The van der Waals surface area contributed by atoms with Gasteiger partial charge < -0.3 is 5.32 Å². The van der Waals surface area contributed by atoms with Crippen LogP contribution in [0.3, 0.4) is 0 Å². The van der Waals surface area contributed by atoms with Gasteiger partial charge in [-0.25, -0.2) is 4.98 Å². The lowest BCUT2D eigenvalue weighted by Crippen LogP contribution is -2.28. The van der Waals surface area contributed by atoms with E-state index in [-0.39, 0.29) is 11.9 Å². The standard InChI is InChI=1S/C22H28N8O/c1-8-30-18(9-10-23-30)12(2)24-22(31)16-11-17(19-13(3)26-28(6)15(19)5)25-21-20(16)14(4)27-29(21)7/h9-12H,8H2,1-7H3,(H,24,31)/t12-/m1/s1. The van der Waals surface area contributed by atoms with Crippen molar-refractivity contribution in [3.05, 3.63) is 46.7 Å². The van der Waals surface area contributed by atoms with Crippen molar-refractivity contribution >= 4 is 16.9 Å². The highest BCUT2D eigenvalue weighted by Gasteiger charge is 2.23. The minimum absolute atomic E-state index is 0.166. The molecule has 0 aliphatic carbocycles. The molecule has 1 N–H and O–H groups in total. The van der Waals surface area contributed by atoms with E-state index >= 15 is 0 Å². The fourth-order valence-corrected chi connectivity index (χ4v) is 4.22. The average molecular weight is 421 g/mol. The number of amides is 1. The summed E-state index contributed by atoms with van der Waals surface area (Å²) in [5, 5.41) is 17.2. The van der Waals surface area contributed by atoms with Crippen molar-refractivity contribution in [3.8, 4) is 11.3 Å². The summed E-state index contributed by atoms with van der Waals surface area (Å²) in [4.78, 5) is 18.3. The van der Waals surface area contributed by atoms with E-state index in [1.807, 2.05) is 70.2 Å². The molecule has 0 fully saturated rings. The number of pyridine rings is 1. The predicted octanol–water partition coefficient (Wildman–Crippen LogP) is 3.00. The number of hydrogen-bond donors (Lipinski definition) is 1. The third kappa shape index (κ3) is 3.39. The quantitative estimate of drug-likeness (QED) is 0.535. The van der Waals surface area contributed by atoms with Gasteiger partial charge in [0.05, 0.1) is 39.8 Å². The first-order valence-corrected chi connectivity index (χ1v) is 10.4.